The Hall–Kier alpha value is -5.34. The van der Waals surface area contributed by atoms with Crippen molar-refractivity contribution >= 4 is 35.3 Å². The highest BCUT2D eigenvalue weighted by Gasteiger charge is 2.50. The number of carbonyl (C=O) groups excluding carboxylic acids is 5. The highest BCUT2D eigenvalue weighted by Crippen LogP contribution is 2.52. The number of ketones is 2. The molecule has 7 rings (SSSR count). The third kappa shape index (κ3) is 13.3. The molecule has 0 spiro atoms. The predicted octanol–water partition coefficient (Wildman–Crippen LogP) is 0.210. The normalized spacial score (nSPS) is 25.0. The molecule has 3 saturated heterocycles. The number of nitrogens with zero attached hydrogens (tertiary/aromatic N) is 1. The van der Waals surface area contributed by atoms with Crippen LogP contribution in [0.15, 0.2) is 18.2 Å². The number of hydrogen-bond donors (Lipinski definition) is 7. The van der Waals surface area contributed by atoms with E-state index in [1.54, 1.807) is 4.90 Å². The van der Waals surface area contributed by atoms with E-state index in [2.05, 4.69) is 5.32 Å². The third-order valence-electron chi connectivity index (χ3n) is 12.6. The van der Waals surface area contributed by atoms with Crippen LogP contribution in [-0.2, 0) is 63.5 Å². The van der Waals surface area contributed by atoms with E-state index >= 15 is 0 Å². The van der Waals surface area contributed by atoms with E-state index in [-0.39, 0.29) is 78.7 Å². The third-order valence-corrected chi connectivity index (χ3v) is 12.6. The molecule has 2 aromatic rings. The second-order valence-electron chi connectivity index (χ2n) is 17.4. The summed E-state index contributed by atoms with van der Waals surface area (Å²) in [4.78, 5) is 74.6. The Morgan fingerprint density at radius 2 is 1.51 bits per heavy atom. The maximum absolute atomic E-state index is 13.7. The summed E-state index contributed by atoms with van der Waals surface area (Å²) in [7, 11) is 1.35. The zero-order valence-electron chi connectivity index (χ0n) is 39.4. The van der Waals surface area contributed by atoms with Crippen molar-refractivity contribution in [3.8, 4) is 17.2 Å². The number of aliphatic hydroxyl groups is 1. The molecule has 0 aromatic heterocycles. The number of morpholine rings is 1. The highest BCUT2D eigenvalue weighted by molar-refractivity contribution is 6.31. The minimum absolute atomic E-state index is 0.0170. The Bertz CT molecular complexity index is 2200. The van der Waals surface area contributed by atoms with Gasteiger partial charge in [-0.1, -0.05) is 12.1 Å². The molecule has 3 unspecified atom stereocenters. The standard InChI is InChI=1S/C30H34N2O11.C17H30N2O8/c1-13-16(42-19-12-40-9-8-32-19)6-7-20(41-13)43-18-11-30(38,29(31)37)10-15-22(18)28(36)24-23(26(15)34)25(33)14-4-3-5-17(39-2)21(14)27(24)35;18-15(20)2-5-24-7-9-26-11-12-27-10-8-25-6-3-16(21)19-4-1-14(13-19)17(22)23/h3-5,13,16,18-20,32,34,36,38H,6-12H2,1-2H3,(H2,31,37);14H,1-13H2,(H2,18,20)(H,22,23)/t13-,16-,18-,19?,20?,30-;/m0./s1. The first kappa shape index (κ1) is 54.0. The van der Waals surface area contributed by atoms with Crippen LogP contribution in [0.2, 0.25) is 0 Å². The summed E-state index contributed by atoms with van der Waals surface area (Å²) in [6, 6.07) is 4.46. The smallest absolute Gasteiger partial charge is 0.308 e. The molecule has 9 N–H and O–H groups in total. The summed E-state index contributed by atoms with van der Waals surface area (Å²) in [5, 5.41) is 46.4. The Balaban J connectivity index is 0.000000258. The van der Waals surface area contributed by atoms with Crippen molar-refractivity contribution in [3.05, 3.63) is 51.6 Å². The van der Waals surface area contributed by atoms with E-state index < -0.39 is 88.4 Å². The van der Waals surface area contributed by atoms with E-state index in [9.17, 15) is 44.1 Å². The van der Waals surface area contributed by atoms with Crippen LogP contribution in [0.25, 0.3) is 0 Å². The number of nitrogens with two attached hydrogens (primary N) is 2. The summed E-state index contributed by atoms with van der Waals surface area (Å²) in [5.41, 5.74) is 7.30. The lowest BCUT2D eigenvalue weighted by molar-refractivity contribution is -0.258. The van der Waals surface area contributed by atoms with Crippen molar-refractivity contribution in [2.45, 2.75) is 88.3 Å². The summed E-state index contributed by atoms with van der Waals surface area (Å²) in [6.07, 6.45) is -2.05. The molecule has 3 heterocycles. The van der Waals surface area contributed by atoms with Crippen LogP contribution in [0.3, 0.4) is 0 Å². The summed E-state index contributed by atoms with van der Waals surface area (Å²) >= 11 is 0. The van der Waals surface area contributed by atoms with Gasteiger partial charge in [0.15, 0.2) is 12.1 Å². The molecule has 3 fully saturated rings. The number of carbonyl (C=O) groups is 6. The number of benzene rings is 2. The number of likely N-dealkylation sites (tertiary alicyclic amines) is 1. The van der Waals surface area contributed by atoms with Crippen molar-refractivity contribution in [1.29, 1.82) is 0 Å². The number of fused-ring (bicyclic) bond motifs is 3. The number of primary amides is 2. The number of nitrogens with one attached hydrogen (secondary N) is 1. The molecule has 2 aromatic carbocycles. The number of methoxy groups -OCH3 is 1. The number of amides is 3. The van der Waals surface area contributed by atoms with E-state index in [1.807, 2.05) is 6.92 Å². The predicted molar refractivity (Wildman–Crippen MR) is 241 cm³/mol. The van der Waals surface area contributed by atoms with Crippen molar-refractivity contribution < 1.29 is 91.8 Å². The molecule has 70 heavy (non-hydrogen) atoms. The maximum atomic E-state index is 13.7. The second-order valence-corrected chi connectivity index (χ2v) is 17.4. The fraction of sp³-hybridized carbons (Fsp3) is 0.617. The van der Waals surface area contributed by atoms with Gasteiger partial charge in [0.1, 0.15) is 29.1 Å². The Labute approximate surface area is 403 Å². The van der Waals surface area contributed by atoms with Crippen molar-refractivity contribution in [2.75, 3.05) is 92.8 Å². The lowest BCUT2D eigenvalue weighted by Gasteiger charge is -2.41. The van der Waals surface area contributed by atoms with Crippen LogP contribution in [0.1, 0.15) is 94.5 Å². The zero-order valence-corrected chi connectivity index (χ0v) is 39.4. The largest absolute Gasteiger partial charge is 0.507 e. The van der Waals surface area contributed by atoms with Gasteiger partial charge in [-0.25, -0.2) is 0 Å². The summed E-state index contributed by atoms with van der Waals surface area (Å²) in [5.74, 6) is -5.40. The molecule has 0 saturated carbocycles. The molecule has 0 radical (unpaired) electrons. The van der Waals surface area contributed by atoms with Gasteiger partial charge in [-0.05, 0) is 25.8 Å². The van der Waals surface area contributed by atoms with Gasteiger partial charge in [0.2, 0.25) is 23.5 Å². The minimum atomic E-state index is -2.18. The van der Waals surface area contributed by atoms with Crippen LogP contribution in [0, 0.1) is 5.92 Å². The number of carboxylic acids is 1. The van der Waals surface area contributed by atoms with Crippen LogP contribution < -0.4 is 21.5 Å². The number of hydrogen-bond acceptors (Lipinski definition) is 19. The van der Waals surface area contributed by atoms with Crippen molar-refractivity contribution in [2.24, 2.45) is 17.4 Å². The van der Waals surface area contributed by atoms with E-state index in [0.29, 0.717) is 91.8 Å². The van der Waals surface area contributed by atoms with Gasteiger partial charge in [-0.15, -0.1) is 0 Å². The summed E-state index contributed by atoms with van der Waals surface area (Å²) in [6.45, 7) is 7.34. The molecule has 2 aliphatic carbocycles. The van der Waals surface area contributed by atoms with Crippen molar-refractivity contribution in [1.82, 2.24) is 10.2 Å². The lowest BCUT2D eigenvalue weighted by Crippen LogP contribution is -2.51. The van der Waals surface area contributed by atoms with E-state index in [4.69, 9.17) is 59.2 Å². The summed E-state index contributed by atoms with van der Waals surface area (Å²) < 4.78 is 50.3. The van der Waals surface area contributed by atoms with Crippen molar-refractivity contribution in [3.63, 3.8) is 0 Å². The number of phenols is 2. The molecule has 386 valence electrons. The monoisotopic (exact) mass is 988 g/mol. The number of carboxylic acid groups (broad SMARTS) is 1. The first-order chi connectivity index (χ1) is 33.5. The first-order valence-electron chi connectivity index (χ1n) is 23.3. The van der Waals surface area contributed by atoms with Gasteiger partial charge in [-0.2, -0.15) is 0 Å². The lowest BCUT2D eigenvalue weighted by atomic mass is 9.72. The van der Waals surface area contributed by atoms with Gasteiger partial charge in [-0.3, -0.25) is 34.1 Å². The van der Waals surface area contributed by atoms with Gasteiger partial charge in [0.25, 0.3) is 0 Å². The van der Waals surface area contributed by atoms with Crippen LogP contribution in [-0.4, -0.2) is 184 Å². The van der Waals surface area contributed by atoms with Gasteiger partial charge in [0, 0.05) is 62.0 Å². The topological polar surface area (TPSA) is 334 Å². The number of aliphatic carboxylic acids is 1. The molecule has 0 bridgehead atoms. The Morgan fingerprint density at radius 1 is 0.857 bits per heavy atom. The Morgan fingerprint density at radius 3 is 2.10 bits per heavy atom. The van der Waals surface area contributed by atoms with E-state index in [1.165, 1.54) is 25.3 Å². The van der Waals surface area contributed by atoms with Gasteiger partial charge >= 0.3 is 5.97 Å². The molecule has 5 aliphatic rings. The molecule has 23 nitrogen and oxygen atoms in total. The minimum Gasteiger partial charge on any atom is -0.507 e. The molecule has 7 atom stereocenters. The number of phenolic OH excluding ortho intramolecular Hbond substituents is 2. The molecule has 3 amide bonds. The molecule has 23 heteroatoms. The molecule has 3 aliphatic heterocycles. The number of aromatic hydroxyl groups is 2. The Kier molecular flexibility index (Phi) is 19.4. The quantitative estimate of drug-likeness (QED) is 0.0523. The van der Waals surface area contributed by atoms with Gasteiger partial charge < -0.3 is 79.4 Å². The zero-order chi connectivity index (χ0) is 50.5. The van der Waals surface area contributed by atoms with E-state index in [0.717, 1.165) is 0 Å². The number of ether oxygens (including phenoxy) is 9. The van der Waals surface area contributed by atoms with Crippen LogP contribution >= 0.6 is 0 Å². The van der Waals surface area contributed by atoms with Gasteiger partial charge in [0.05, 0.1) is 121 Å². The molecular weight excluding hydrogens is 925 g/mol. The molecular formula is C47H64N4O19. The average Bonchev–Trinajstić information content (AvgIpc) is 3.84. The second kappa shape index (κ2) is 25.2. The maximum Gasteiger partial charge on any atom is 0.308 e. The number of rotatable bonds is 22. The first-order valence-corrected chi connectivity index (χ1v) is 23.3. The highest BCUT2D eigenvalue weighted by atomic mass is 16.7. The SMILES string of the molecule is COc1cccc2c1C(=O)c1c(O)c3c(c(O)c1C2=O)C[C@@](O)(C(N)=O)C[C@@H]3OC1CC[C@H](OC2COCCN2)[C@H](C)O1.NC(=O)CCOCCOCCOCCOCCC(=O)N1CCC(C(=O)O)C1. The van der Waals surface area contributed by atoms with Crippen LogP contribution in [0.4, 0.5) is 0 Å². The fourth-order valence-electron chi connectivity index (χ4n) is 8.89. The average molecular weight is 989 g/mol. The fourth-order valence-corrected chi connectivity index (χ4v) is 8.89. The van der Waals surface area contributed by atoms with Crippen LogP contribution in [0.5, 0.6) is 17.2 Å².